The first kappa shape index (κ1) is 22.5. The largest absolute Gasteiger partial charge is 0.485 e. The van der Waals surface area contributed by atoms with Crippen LogP contribution in [0.4, 0.5) is 11.6 Å². The number of anilines is 2. The Morgan fingerprint density at radius 1 is 1.08 bits per heavy atom. The molecular weight excluding hydrogens is 476 g/mol. The molecule has 2 aliphatic heterocycles. The summed E-state index contributed by atoms with van der Waals surface area (Å²) >= 11 is 1.30. The normalized spacial score (nSPS) is 18.1. The lowest BCUT2D eigenvalue weighted by Crippen LogP contribution is -2.51. The van der Waals surface area contributed by atoms with Gasteiger partial charge >= 0.3 is 0 Å². The maximum absolute atomic E-state index is 6.62. The van der Waals surface area contributed by atoms with E-state index < -0.39 is 5.60 Å². The molecule has 1 saturated heterocycles. The van der Waals surface area contributed by atoms with Gasteiger partial charge in [-0.25, -0.2) is 24.9 Å². The molecule has 1 aromatic carbocycles. The second-order valence-electron chi connectivity index (χ2n) is 8.65. The minimum absolute atomic E-state index is 0.154. The number of rotatable bonds is 5. The molecule has 0 radical (unpaired) electrons. The van der Waals surface area contributed by atoms with Crippen molar-refractivity contribution in [2.24, 2.45) is 5.73 Å². The highest BCUT2D eigenvalue weighted by atomic mass is 32.2. The van der Waals surface area contributed by atoms with E-state index in [1.807, 2.05) is 24.3 Å². The predicted octanol–water partition coefficient (Wildman–Crippen LogP) is 3.73. The first-order valence-electron chi connectivity index (χ1n) is 11.6. The fourth-order valence-corrected chi connectivity index (χ4v) is 5.48. The standard InChI is InChI=1S/C25H24N8O2S/c1-2-16-22(33-12-8-25(9-13-33)19(26)15-5-3-4-6-17(15)35-25)32-20(27)24(30-16)36-18-7-10-28-21(31-18)23-29-11-14-34-23/h2-7,10-11,14,19H,1,8-9,12-13,26H2,(H2,27,32)/t19-/m1/s1. The molecule has 1 spiro atoms. The van der Waals surface area contributed by atoms with Gasteiger partial charge in [0.1, 0.15) is 33.4 Å². The van der Waals surface area contributed by atoms with Gasteiger partial charge in [0.2, 0.25) is 5.82 Å². The molecule has 0 bridgehead atoms. The number of nitrogens with zero attached hydrogens (tertiary/aromatic N) is 6. The Labute approximate surface area is 211 Å². The maximum atomic E-state index is 6.62. The monoisotopic (exact) mass is 500 g/mol. The fraction of sp³-hybridized carbons (Fsp3) is 0.240. The van der Waals surface area contributed by atoms with Gasteiger partial charge in [0.05, 0.1) is 12.2 Å². The Morgan fingerprint density at radius 3 is 2.67 bits per heavy atom. The van der Waals surface area contributed by atoms with Crippen molar-refractivity contribution >= 4 is 29.5 Å². The molecule has 6 rings (SSSR count). The van der Waals surface area contributed by atoms with Gasteiger partial charge in [-0.2, -0.15) is 0 Å². The minimum atomic E-state index is -0.406. The third-order valence-electron chi connectivity index (χ3n) is 6.59. The van der Waals surface area contributed by atoms with Gasteiger partial charge in [-0.05, 0) is 30.0 Å². The van der Waals surface area contributed by atoms with Crippen molar-refractivity contribution < 1.29 is 9.15 Å². The number of hydrogen-bond donors (Lipinski definition) is 2. The molecule has 11 heteroatoms. The molecule has 182 valence electrons. The Bertz CT molecular complexity index is 1420. The third-order valence-corrected chi connectivity index (χ3v) is 7.52. The first-order valence-corrected chi connectivity index (χ1v) is 12.4. The van der Waals surface area contributed by atoms with E-state index in [2.05, 4.69) is 26.4 Å². The number of nitrogens with two attached hydrogens (primary N) is 2. The summed E-state index contributed by atoms with van der Waals surface area (Å²) in [6.07, 6.45) is 7.89. The van der Waals surface area contributed by atoms with Crippen LogP contribution in [0.1, 0.15) is 30.1 Å². The van der Waals surface area contributed by atoms with Crippen molar-refractivity contribution in [3.63, 3.8) is 0 Å². The molecule has 0 unspecified atom stereocenters. The smallest absolute Gasteiger partial charge is 0.264 e. The van der Waals surface area contributed by atoms with Crippen LogP contribution < -0.4 is 21.1 Å². The molecule has 3 aromatic heterocycles. The average Bonchev–Trinajstić information content (AvgIpc) is 3.54. The van der Waals surface area contributed by atoms with Crippen LogP contribution in [0, 0.1) is 0 Å². The van der Waals surface area contributed by atoms with E-state index in [0.717, 1.165) is 24.2 Å². The number of benzene rings is 1. The lowest BCUT2D eigenvalue weighted by atomic mass is 9.83. The second kappa shape index (κ2) is 8.92. The summed E-state index contributed by atoms with van der Waals surface area (Å²) in [7, 11) is 0. The van der Waals surface area contributed by atoms with Crippen molar-refractivity contribution in [2.75, 3.05) is 23.7 Å². The quantitative estimate of drug-likeness (QED) is 0.387. The van der Waals surface area contributed by atoms with Gasteiger partial charge in [0.25, 0.3) is 5.89 Å². The summed E-state index contributed by atoms with van der Waals surface area (Å²) in [5.74, 6) is 2.63. The number of oxazole rings is 1. The zero-order valence-corrected chi connectivity index (χ0v) is 20.2. The van der Waals surface area contributed by atoms with Gasteiger partial charge in [-0.15, -0.1) is 0 Å². The average molecular weight is 501 g/mol. The van der Waals surface area contributed by atoms with Gasteiger partial charge in [-0.1, -0.05) is 24.8 Å². The van der Waals surface area contributed by atoms with Crippen LogP contribution in [0.15, 0.2) is 70.0 Å². The number of para-hydroxylation sites is 1. The van der Waals surface area contributed by atoms with Gasteiger partial charge in [-0.3, -0.25) is 0 Å². The first-order chi connectivity index (χ1) is 17.6. The van der Waals surface area contributed by atoms with Crippen molar-refractivity contribution in [3.8, 4) is 17.5 Å². The molecule has 4 aromatic rings. The molecule has 0 saturated carbocycles. The van der Waals surface area contributed by atoms with Crippen molar-refractivity contribution in [3.05, 3.63) is 66.8 Å². The van der Waals surface area contributed by atoms with Gasteiger partial charge in [0.15, 0.2) is 11.6 Å². The summed E-state index contributed by atoms with van der Waals surface area (Å²) in [5, 5.41) is 1.18. The molecule has 2 aliphatic rings. The molecule has 1 atom stereocenters. The molecule has 36 heavy (non-hydrogen) atoms. The number of piperidine rings is 1. The van der Waals surface area contributed by atoms with E-state index in [9.17, 15) is 0 Å². The number of aromatic nitrogens is 5. The van der Waals surface area contributed by atoms with Gasteiger partial charge in [0, 0.05) is 37.7 Å². The topological polar surface area (TPSA) is 142 Å². The summed E-state index contributed by atoms with van der Waals surface area (Å²) in [5.41, 5.74) is 14.3. The van der Waals surface area contributed by atoms with Crippen LogP contribution in [0.3, 0.4) is 0 Å². The summed E-state index contributed by atoms with van der Waals surface area (Å²) in [6, 6.07) is 9.63. The molecular formula is C25H24N8O2S. The van der Waals surface area contributed by atoms with Crippen LogP contribution in [0.5, 0.6) is 5.75 Å². The van der Waals surface area contributed by atoms with E-state index in [1.165, 1.54) is 18.0 Å². The van der Waals surface area contributed by atoms with E-state index in [0.29, 0.717) is 52.2 Å². The highest BCUT2D eigenvalue weighted by Crippen LogP contribution is 2.47. The van der Waals surface area contributed by atoms with Crippen molar-refractivity contribution in [1.82, 2.24) is 24.9 Å². The van der Waals surface area contributed by atoms with Crippen LogP contribution >= 0.6 is 11.8 Å². The number of hydrogen-bond acceptors (Lipinski definition) is 11. The molecule has 5 heterocycles. The number of nitrogen functional groups attached to an aromatic ring is 1. The van der Waals surface area contributed by atoms with E-state index in [4.69, 9.17) is 30.6 Å². The number of ether oxygens (including phenoxy) is 1. The van der Waals surface area contributed by atoms with Crippen LogP contribution in [0.2, 0.25) is 0 Å². The maximum Gasteiger partial charge on any atom is 0.264 e. The lowest BCUT2D eigenvalue weighted by molar-refractivity contribution is 0.0431. The van der Waals surface area contributed by atoms with E-state index in [1.54, 1.807) is 24.5 Å². The molecule has 0 aliphatic carbocycles. The summed E-state index contributed by atoms with van der Waals surface area (Å²) in [4.78, 5) is 24.4. The molecule has 10 nitrogen and oxygen atoms in total. The zero-order chi connectivity index (χ0) is 24.7. The summed E-state index contributed by atoms with van der Waals surface area (Å²) < 4.78 is 11.7. The minimum Gasteiger partial charge on any atom is -0.485 e. The van der Waals surface area contributed by atoms with Crippen LogP contribution in [-0.4, -0.2) is 43.6 Å². The fourth-order valence-electron chi connectivity index (χ4n) is 4.72. The number of fused-ring (bicyclic) bond motifs is 1. The highest BCUT2D eigenvalue weighted by Gasteiger charge is 2.48. The SMILES string of the molecule is C=Cc1nc(Sc2ccnc(-c3ncco3)n2)c(N)nc1N1CCC2(CC1)Oc1ccccc1[C@H]2N. The van der Waals surface area contributed by atoms with Crippen molar-refractivity contribution in [1.29, 1.82) is 0 Å². The molecule has 0 amide bonds. The molecule has 4 N–H and O–H groups in total. The third kappa shape index (κ3) is 3.86. The van der Waals surface area contributed by atoms with Gasteiger partial charge < -0.3 is 25.5 Å². The summed E-state index contributed by atoms with van der Waals surface area (Å²) in [6.45, 7) is 5.39. The van der Waals surface area contributed by atoms with E-state index in [-0.39, 0.29) is 6.04 Å². The Hall–Kier alpha value is -3.96. The highest BCUT2D eigenvalue weighted by molar-refractivity contribution is 7.99. The lowest BCUT2D eigenvalue weighted by Gasteiger charge is -2.41. The molecule has 1 fully saturated rings. The Morgan fingerprint density at radius 2 is 1.92 bits per heavy atom. The Kier molecular flexibility index (Phi) is 5.57. The van der Waals surface area contributed by atoms with Crippen LogP contribution in [-0.2, 0) is 0 Å². The Balaban J connectivity index is 1.21. The second-order valence-corrected chi connectivity index (χ2v) is 9.66. The van der Waals surface area contributed by atoms with Crippen LogP contribution in [0.25, 0.3) is 17.8 Å². The zero-order valence-electron chi connectivity index (χ0n) is 19.4. The van der Waals surface area contributed by atoms with E-state index >= 15 is 0 Å². The predicted molar refractivity (Wildman–Crippen MR) is 136 cm³/mol. The van der Waals surface area contributed by atoms with Crippen molar-refractivity contribution in [2.45, 2.75) is 34.5 Å².